The number of ether oxygens (including phenoxy) is 2. The van der Waals surface area contributed by atoms with E-state index in [-0.39, 0.29) is 25.8 Å². The zero-order chi connectivity index (χ0) is 11.8. The number of fused-ring (bicyclic) bond motifs is 2. The van der Waals surface area contributed by atoms with E-state index >= 15 is 0 Å². The first kappa shape index (κ1) is 9.78. The van der Waals surface area contributed by atoms with E-state index in [9.17, 15) is 4.79 Å². The highest BCUT2D eigenvalue weighted by Gasteiger charge is 2.27. The van der Waals surface area contributed by atoms with Crippen LogP contribution < -0.4 is 19.7 Å². The van der Waals surface area contributed by atoms with E-state index in [2.05, 4.69) is 5.32 Å². The number of carbonyl (C=O) groups excluding carboxylic acids is 1. The van der Waals surface area contributed by atoms with Crippen molar-refractivity contribution in [2.75, 3.05) is 30.1 Å². The minimum atomic E-state index is -0.127. The van der Waals surface area contributed by atoms with E-state index in [0.717, 1.165) is 5.69 Å². The summed E-state index contributed by atoms with van der Waals surface area (Å²) in [5, 5.41) is 11.7. The molecule has 0 atom stereocenters. The Hall–Kier alpha value is -2.42. The zero-order valence-electron chi connectivity index (χ0n) is 8.90. The van der Waals surface area contributed by atoms with Gasteiger partial charge < -0.3 is 14.8 Å². The first-order valence-corrected chi connectivity index (χ1v) is 5.14. The summed E-state index contributed by atoms with van der Waals surface area (Å²) >= 11 is 0. The van der Waals surface area contributed by atoms with Crippen molar-refractivity contribution in [3.63, 3.8) is 0 Å². The van der Waals surface area contributed by atoms with Crippen LogP contribution >= 0.6 is 0 Å². The van der Waals surface area contributed by atoms with Crippen LogP contribution in [0.2, 0.25) is 0 Å². The SMILES string of the molecule is N#CCN1C(=O)CNc2cc3c(cc21)OCO3. The average molecular weight is 231 g/mol. The summed E-state index contributed by atoms with van der Waals surface area (Å²) < 4.78 is 10.5. The number of anilines is 2. The van der Waals surface area contributed by atoms with Gasteiger partial charge in [-0.1, -0.05) is 0 Å². The Labute approximate surface area is 97.3 Å². The van der Waals surface area contributed by atoms with Gasteiger partial charge in [-0.15, -0.1) is 0 Å². The molecule has 0 spiro atoms. The van der Waals surface area contributed by atoms with Crippen molar-refractivity contribution in [3.8, 4) is 17.6 Å². The molecule has 0 unspecified atom stereocenters. The Balaban J connectivity index is 2.09. The highest BCUT2D eigenvalue weighted by atomic mass is 16.7. The van der Waals surface area contributed by atoms with Crippen molar-refractivity contribution >= 4 is 17.3 Å². The van der Waals surface area contributed by atoms with Crippen LogP contribution in [0.5, 0.6) is 11.5 Å². The number of benzene rings is 1. The van der Waals surface area contributed by atoms with Gasteiger partial charge in [-0.2, -0.15) is 5.26 Å². The van der Waals surface area contributed by atoms with Gasteiger partial charge in [-0.25, -0.2) is 0 Å². The maximum atomic E-state index is 11.7. The molecule has 2 aliphatic rings. The van der Waals surface area contributed by atoms with Crippen LogP contribution in [-0.2, 0) is 4.79 Å². The number of hydrogen-bond acceptors (Lipinski definition) is 5. The topological polar surface area (TPSA) is 74.6 Å². The van der Waals surface area contributed by atoms with Gasteiger partial charge in [0.1, 0.15) is 6.54 Å². The van der Waals surface area contributed by atoms with Gasteiger partial charge in [-0.05, 0) is 0 Å². The molecule has 1 aromatic carbocycles. The fourth-order valence-corrected chi connectivity index (χ4v) is 1.94. The number of hydrogen-bond donors (Lipinski definition) is 1. The molecular formula is C11H9N3O3. The second-order valence-electron chi connectivity index (χ2n) is 3.71. The molecule has 3 rings (SSSR count). The molecule has 86 valence electrons. The lowest BCUT2D eigenvalue weighted by molar-refractivity contribution is -0.117. The van der Waals surface area contributed by atoms with Gasteiger partial charge in [-0.3, -0.25) is 9.69 Å². The molecule has 0 bridgehead atoms. The van der Waals surface area contributed by atoms with E-state index in [1.165, 1.54) is 4.90 Å². The number of nitriles is 1. The Morgan fingerprint density at radius 1 is 1.41 bits per heavy atom. The third kappa shape index (κ3) is 1.44. The summed E-state index contributed by atoms with van der Waals surface area (Å²) in [6, 6.07) is 5.49. The van der Waals surface area contributed by atoms with Crippen LogP contribution in [0.3, 0.4) is 0 Å². The summed E-state index contributed by atoms with van der Waals surface area (Å²) in [5.74, 6) is 1.13. The molecule has 0 radical (unpaired) electrons. The molecule has 0 fully saturated rings. The Kier molecular flexibility index (Phi) is 2.05. The largest absolute Gasteiger partial charge is 0.454 e. The van der Waals surface area contributed by atoms with Crippen molar-refractivity contribution in [2.24, 2.45) is 0 Å². The monoisotopic (exact) mass is 231 g/mol. The van der Waals surface area contributed by atoms with Crippen LogP contribution in [0.4, 0.5) is 11.4 Å². The number of amides is 1. The Morgan fingerprint density at radius 3 is 2.94 bits per heavy atom. The maximum Gasteiger partial charge on any atom is 0.247 e. The first-order valence-electron chi connectivity index (χ1n) is 5.14. The van der Waals surface area contributed by atoms with Gasteiger partial charge in [0.15, 0.2) is 11.5 Å². The molecule has 1 aromatic rings. The molecule has 17 heavy (non-hydrogen) atoms. The number of rotatable bonds is 1. The predicted octanol–water partition coefficient (Wildman–Crippen LogP) is 0.697. The number of carbonyl (C=O) groups is 1. The highest BCUT2D eigenvalue weighted by molar-refractivity contribution is 6.03. The minimum absolute atomic E-state index is 0.0349. The van der Waals surface area contributed by atoms with Crippen molar-refractivity contribution in [1.82, 2.24) is 0 Å². The maximum absolute atomic E-state index is 11.7. The van der Waals surface area contributed by atoms with Crippen LogP contribution in [0.1, 0.15) is 0 Å². The van der Waals surface area contributed by atoms with E-state index in [4.69, 9.17) is 14.7 Å². The van der Waals surface area contributed by atoms with Crippen LogP contribution in [-0.4, -0.2) is 25.8 Å². The quantitative estimate of drug-likeness (QED) is 0.720. The molecule has 6 heteroatoms. The standard InChI is InChI=1S/C11H9N3O3/c12-1-2-14-8-4-10-9(16-6-17-10)3-7(8)13-5-11(14)15/h3-4,13H,2,5-6H2. The van der Waals surface area contributed by atoms with Crippen LogP contribution in [0.25, 0.3) is 0 Å². The lowest BCUT2D eigenvalue weighted by Crippen LogP contribution is -2.40. The fourth-order valence-electron chi connectivity index (χ4n) is 1.94. The van der Waals surface area contributed by atoms with Crippen molar-refractivity contribution < 1.29 is 14.3 Å². The third-order valence-electron chi connectivity index (χ3n) is 2.74. The predicted molar refractivity (Wildman–Crippen MR) is 59.0 cm³/mol. The van der Waals surface area contributed by atoms with Crippen molar-refractivity contribution in [2.45, 2.75) is 0 Å². The van der Waals surface area contributed by atoms with Gasteiger partial charge in [0.05, 0.1) is 24.0 Å². The molecule has 0 saturated heterocycles. The van der Waals surface area contributed by atoms with Crippen molar-refractivity contribution in [3.05, 3.63) is 12.1 Å². The van der Waals surface area contributed by atoms with Gasteiger partial charge >= 0.3 is 0 Å². The summed E-state index contributed by atoms with van der Waals surface area (Å²) in [6.45, 7) is 0.409. The second kappa shape index (κ2) is 3.56. The molecule has 6 nitrogen and oxygen atoms in total. The molecule has 1 amide bonds. The van der Waals surface area contributed by atoms with Gasteiger partial charge in [0.2, 0.25) is 12.7 Å². The van der Waals surface area contributed by atoms with E-state index in [1.807, 2.05) is 6.07 Å². The lowest BCUT2D eigenvalue weighted by Gasteiger charge is -2.28. The summed E-state index contributed by atoms with van der Waals surface area (Å²) in [6.07, 6.45) is 0. The van der Waals surface area contributed by atoms with Crippen LogP contribution in [0.15, 0.2) is 12.1 Å². The van der Waals surface area contributed by atoms with Gasteiger partial charge in [0, 0.05) is 12.1 Å². The average Bonchev–Trinajstić information content (AvgIpc) is 2.78. The highest BCUT2D eigenvalue weighted by Crippen LogP contribution is 2.42. The lowest BCUT2D eigenvalue weighted by atomic mass is 10.1. The first-order chi connectivity index (χ1) is 8.29. The Morgan fingerprint density at radius 2 is 2.18 bits per heavy atom. The normalized spacial score (nSPS) is 16.2. The molecule has 0 saturated carbocycles. The summed E-state index contributed by atoms with van der Waals surface area (Å²) in [7, 11) is 0. The van der Waals surface area contributed by atoms with Crippen LogP contribution in [0, 0.1) is 11.3 Å². The summed E-state index contributed by atoms with van der Waals surface area (Å²) in [5.41, 5.74) is 1.44. The van der Waals surface area contributed by atoms with Gasteiger partial charge in [0.25, 0.3) is 0 Å². The fraction of sp³-hybridized carbons (Fsp3) is 0.273. The molecule has 2 heterocycles. The van der Waals surface area contributed by atoms with E-state index in [0.29, 0.717) is 17.2 Å². The molecule has 1 N–H and O–H groups in total. The molecule has 0 aliphatic carbocycles. The third-order valence-corrected chi connectivity index (χ3v) is 2.74. The van der Waals surface area contributed by atoms with E-state index in [1.54, 1.807) is 12.1 Å². The van der Waals surface area contributed by atoms with Crippen molar-refractivity contribution in [1.29, 1.82) is 5.26 Å². The molecule has 0 aromatic heterocycles. The smallest absolute Gasteiger partial charge is 0.247 e. The molecule has 2 aliphatic heterocycles. The Bertz CT molecular complexity index is 535. The molecular weight excluding hydrogens is 222 g/mol. The van der Waals surface area contributed by atoms with E-state index < -0.39 is 0 Å². The number of nitrogens with one attached hydrogen (secondary N) is 1. The summed E-state index contributed by atoms with van der Waals surface area (Å²) in [4.78, 5) is 13.1. The zero-order valence-corrected chi connectivity index (χ0v) is 8.90. The minimum Gasteiger partial charge on any atom is -0.454 e. The second-order valence-corrected chi connectivity index (χ2v) is 3.71. The number of nitrogens with zero attached hydrogens (tertiary/aromatic N) is 2.